The molecule has 0 aliphatic heterocycles. The largest absolute Gasteiger partial charge is 0.494 e. The third kappa shape index (κ3) is 4.42. The zero-order valence-electron chi connectivity index (χ0n) is 11.9. The van der Waals surface area contributed by atoms with E-state index in [2.05, 4.69) is 9.97 Å². The lowest BCUT2D eigenvalue weighted by atomic mass is 10.2. The summed E-state index contributed by atoms with van der Waals surface area (Å²) in [6.07, 6.45) is 4.35. The first-order valence-electron chi connectivity index (χ1n) is 7.19. The molecule has 5 heteroatoms. The van der Waals surface area contributed by atoms with Crippen LogP contribution in [-0.4, -0.2) is 34.0 Å². The molecule has 0 amide bonds. The third-order valence-electron chi connectivity index (χ3n) is 3.03. The molecule has 2 rings (SSSR count). The Kier molecular flexibility index (Phi) is 6.21. The Bertz CT molecular complexity index is 528. The molecule has 0 aliphatic rings. The highest BCUT2D eigenvalue weighted by Gasteiger charge is 2.04. The number of aromatic nitrogens is 2. The average Bonchev–Trinajstić information content (AvgIpc) is 2.85. The van der Waals surface area contributed by atoms with Gasteiger partial charge in [-0.05, 0) is 31.9 Å². The van der Waals surface area contributed by atoms with Crippen LogP contribution in [0.15, 0.2) is 23.4 Å². The molecule has 4 nitrogen and oxygen atoms in total. The number of hydrogen-bond donors (Lipinski definition) is 2. The zero-order valence-corrected chi connectivity index (χ0v) is 12.7. The van der Waals surface area contributed by atoms with Gasteiger partial charge in [-0.25, -0.2) is 4.98 Å². The molecule has 0 fully saturated rings. The first-order valence-corrected chi connectivity index (χ1v) is 8.18. The van der Waals surface area contributed by atoms with Gasteiger partial charge in [0.15, 0.2) is 5.16 Å². The van der Waals surface area contributed by atoms with Crippen molar-refractivity contribution in [3.8, 4) is 5.75 Å². The summed E-state index contributed by atoms with van der Waals surface area (Å²) < 4.78 is 5.48. The maximum absolute atomic E-state index is 8.71. The minimum atomic E-state index is 0.304. The number of nitrogens with zero attached hydrogens (tertiary/aromatic N) is 1. The van der Waals surface area contributed by atoms with Crippen molar-refractivity contribution in [3.05, 3.63) is 18.2 Å². The fraction of sp³-hybridized carbons (Fsp3) is 0.533. The Morgan fingerprint density at radius 3 is 2.90 bits per heavy atom. The van der Waals surface area contributed by atoms with Crippen LogP contribution >= 0.6 is 11.8 Å². The van der Waals surface area contributed by atoms with E-state index in [0.717, 1.165) is 47.0 Å². The molecule has 2 N–H and O–H groups in total. The number of ether oxygens (including phenoxy) is 1. The van der Waals surface area contributed by atoms with E-state index in [1.165, 1.54) is 6.42 Å². The molecule has 1 heterocycles. The number of nitrogens with one attached hydrogen (secondary N) is 1. The Balaban J connectivity index is 1.84. The quantitative estimate of drug-likeness (QED) is 0.548. The molecule has 0 spiro atoms. The second-order valence-corrected chi connectivity index (χ2v) is 5.72. The van der Waals surface area contributed by atoms with Gasteiger partial charge >= 0.3 is 0 Å². The Hall–Kier alpha value is -1.20. The Morgan fingerprint density at radius 1 is 1.25 bits per heavy atom. The molecule has 0 unspecified atom stereocenters. The first-order chi connectivity index (χ1) is 9.83. The number of thioether (sulfide) groups is 1. The molecule has 110 valence electrons. The van der Waals surface area contributed by atoms with Crippen LogP contribution < -0.4 is 4.74 Å². The second kappa shape index (κ2) is 8.17. The van der Waals surface area contributed by atoms with Crippen LogP contribution in [0.4, 0.5) is 0 Å². The highest BCUT2D eigenvalue weighted by Crippen LogP contribution is 2.24. The van der Waals surface area contributed by atoms with E-state index in [9.17, 15) is 0 Å². The van der Waals surface area contributed by atoms with E-state index in [1.807, 2.05) is 25.1 Å². The van der Waals surface area contributed by atoms with Crippen LogP contribution in [0.2, 0.25) is 0 Å². The standard InChI is InChI=1S/C15H22N2O2S/c1-2-19-12-7-8-13-14(11-12)17-15(16-13)20-10-6-4-3-5-9-18/h7-8,11,18H,2-6,9-10H2,1H3,(H,16,17). The van der Waals surface area contributed by atoms with Crippen LogP contribution in [0.25, 0.3) is 11.0 Å². The van der Waals surface area contributed by atoms with Crippen LogP contribution in [0.3, 0.4) is 0 Å². The SMILES string of the molecule is CCOc1ccc2nc(SCCCCCCO)[nH]c2c1. The number of imidazole rings is 1. The van der Waals surface area contributed by atoms with Crippen molar-refractivity contribution in [1.29, 1.82) is 0 Å². The lowest BCUT2D eigenvalue weighted by molar-refractivity contribution is 0.283. The molecule has 0 aliphatic carbocycles. The van der Waals surface area contributed by atoms with Gasteiger partial charge in [0.05, 0.1) is 17.6 Å². The molecule has 20 heavy (non-hydrogen) atoms. The number of aliphatic hydroxyl groups excluding tert-OH is 1. The van der Waals surface area contributed by atoms with E-state index in [-0.39, 0.29) is 0 Å². The summed E-state index contributed by atoms with van der Waals surface area (Å²) in [4.78, 5) is 7.89. The first kappa shape index (κ1) is 15.2. The van der Waals surface area contributed by atoms with Crippen molar-refractivity contribution in [2.24, 2.45) is 0 Å². The predicted octanol–water partition coefficient (Wildman–Crippen LogP) is 3.61. The van der Waals surface area contributed by atoms with Crippen molar-refractivity contribution in [1.82, 2.24) is 9.97 Å². The highest BCUT2D eigenvalue weighted by atomic mass is 32.2. The fourth-order valence-corrected chi connectivity index (χ4v) is 2.91. The van der Waals surface area contributed by atoms with Gasteiger partial charge in [0.25, 0.3) is 0 Å². The summed E-state index contributed by atoms with van der Waals surface area (Å²) in [5.74, 6) is 1.94. The molecule has 0 saturated carbocycles. The zero-order chi connectivity index (χ0) is 14.2. The maximum atomic E-state index is 8.71. The summed E-state index contributed by atoms with van der Waals surface area (Å²) in [6.45, 7) is 2.96. The van der Waals surface area contributed by atoms with Gasteiger partial charge in [-0.2, -0.15) is 0 Å². The van der Waals surface area contributed by atoms with Crippen molar-refractivity contribution in [3.63, 3.8) is 0 Å². The topological polar surface area (TPSA) is 58.1 Å². The normalized spacial score (nSPS) is 11.1. The van der Waals surface area contributed by atoms with Crippen molar-refractivity contribution >= 4 is 22.8 Å². The van der Waals surface area contributed by atoms with Gasteiger partial charge in [-0.15, -0.1) is 0 Å². The minimum absolute atomic E-state index is 0.304. The summed E-state index contributed by atoms with van der Waals surface area (Å²) in [5.41, 5.74) is 2.01. The Morgan fingerprint density at radius 2 is 2.10 bits per heavy atom. The van der Waals surface area contributed by atoms with Gasteiger partial charge in [0, 0.05) is 18.4 Å². The van der Waals surface area contributed by atoms with E-state index in [0.29, 0.717) is 13.2 Å². The number of unbranched alkanes of at least 4 members (excludes halogenated alkanes) is 3. The maximum Gasteiger partial charge on any atom is 0.166 e. The number of H-pyrrole nitrogens is 1. The smallest absolute Gasteiger partial charge is 0.166 e. The van der Waals surface area contributed by atoms with Crippen molar-refractivity contribution in [2.45, 2.75) is 37.8 Å². The monoisotopic (exact) mass is 294 g/mol. The number of rotatable bonds is 9. The van der Waals surface area contributed by atoms with Gasteiger partial charge in [0.1, 0.15) is 5.75 Å². The van der Waals surface area contributed by atoms with Gasteiger partial charge in [-0.1, -0.05) is 24.6 Å². The van der Waals surface area contributed by atoms with Crippen molar-refractivity contribution in [2.75, 3.05) is 19.0 Å². The second-order valence-electron chi connectivity index (χ2n) is 4.64. The summed E-state index contributed by atoms with van der Waals surface area (Å²) in [6, 6.07) is 5.94. The van der Waals surface area contributed by atoms with Crippen LogP contribution in [0.5, 0.6) is 5.75 Å². The van der Waals surface area contributed by atoms with Gasteiger partial charge in [-0.3, -0.25) is 0 Å². The number of aromatic amines is 1. The molecular formula is C15H22N2O2S. The molecule has 0 radical (unpaired) electrons. The third-order valence-corrected chi connectivity index (χ3v) is 3.99. The summed E-state index contributed by atoms with van der Waals surface area (Å²) >= 11 is 1.75. The lowest BCUT2D eigenvalue weighted by Crippen LogP contribution is -1.90. The van der Waals surface area contributed by atoms with E-state index in [4.69, 9.17) is 9.84 Å². The number of hydrogen-bond acceptors (Lipinski definition) is 4. The van der Waals surface area contributed by atoms with E-state index >= 15 is 0 Å². The molecule has 1 aromatic carbocycles. The lowest BCUT2D eigenvalue weighted by Gasteiger charge is -2.00. The Labute approximate surface area is 123 Å². The molecule has 0 atom stereocenters. The number of fused-ring (bicyclic) bond motifs is 1. The average molecular weight is 294 g/mol. The molecule has 0 saturated heterocycles. The van der Waals surface area contributed by atoms with E-state index in [1.54, 1.807) is 11.8 Å². The molecule has 2 aromatic rings. The van der Waals surface area contributed by atoms with Gasteiger partial charge < -0.3 is 14.8 Å². The number of aliphatic hydroxyl groups is 1. The summed E-state index contributed by atoms with van der Waals surface area (Å²) in [7, 11) is 0. The molecule has 1 aromatic heterocycles. The van der Waals surface area contributed by atoms with Crippen LogP contribution in [0.1, 0.15) is 32.6 Å². The number of benzene rings is 1. The van der Waals surface area contributed by atoms with Crippen LogP contribution in [0, 0.1) is 0 Å². The molecule has 0 bridgehead atoms. The highest BCUT2D eigenvalue weighted by molar-refractivity contribution is 7.99. The van der Waals surface area contributed by atoms with Crippen LogP contribution in [-0.2, 0) is 0 Å². The molecular weight excluding hydrogens is 272 g/mol. The van der Waals surface area contributed by atoms with E-state index < -0.39 is 0 Å². The fourth-order valence-electron chi connectivity index (χ4n) is 2.03. The van der Waals surface area contributed by atoms with Crippen molar-refractivity contribution < 1.29 is 9.84 Å². The van der Waals surface area contributed by atoms with Gasteiger partial charge in [0.2, 0.25) is 0 Å². The predicted molar refractivity (Wildman–Crippen MR) is 83.5 cm³/mol. The minimum Gasteiger partial charge on any atom is -0.494 e. The summed E-state index contributed by atoms with van der Waals surface area (Å²) in [5, 5.41) is 9.68.